The highest BCUT2D eigenvalue weighted by Gasteiger charge is 2.12. The fraction of sp³-hybridized carbons (Fsp3) is 0.308. The van der Waals surface area contributed by atoms with Crippen LogP contribution in [0.2, 0.25) is 0 Å². The van der Waals surface area contributed by atoms with Gasteiger partial charge in [0.2, 0.25) is 0 Å². The number of H-pyrrole nitrogens is 1. The zero-order valence-electron chi connectivity index (χ0n) is 11.1. The molecular formula is C13H17N3O3. The highest BCUT2D eigenvalue weighted by molar-refractivity contribution is 5.38. The Morgan fingerprint density at radius 2 is 2.05 bits per heavy atom. The van der Waals surface area contributed by atoms with Crippen molar-refractivity contribution < 1.29 is 10.3 Å². The fourth-order valence-corrected chi connectivity index (χ4v) is 1.91. The minimum atomic E-state index is -1.50. The lowest BCUT2D eigenvalue weighted by Gasteiger charge is -2.14. The summed E-state index contributed by atoms with van der Waals surface area (Å²) in [6.07, 6.45) is 3.63. The molecule has 0 bridgehead atoms. The summed E-state index contributed by atoms with van der Waals surface area (Å²) in [7, 11) is 0. The van der Waals surface area contributed by atoms with E-state index in [9.17, 15) is 0 Å². The van der Waals surface area contributed by atoms with Crippen LogP contribution >= 0.6 is 0 Å². The Hall–Kier alpha value is -2.37. The number of rotatable bonds is 2. The highest BCUT2D eigenvalue weighted by atomic mass is 16.9. The second kappa shape index (κ2) is 6.53. The first-order valence-electron chi connectivity index (χ1n) is 5.81. The second-order valence-electron chi connectivity index (χ2n) is 4.26. The number of nitrogens with zero attached hydrogens (tertiary/aromatic N) is 2. The number of hydrogen-bond donors (Lipinski definition) is 2. The predicted molar refractivity (Wildman–Crippen MR) is 70.8 cm³/mol. The average Bonchev–Trinajstić information content (AvgIpc) is 2.85. The Morgan fingerprint density at radius 1 is 1.42 bits per heavy atom. The number of aromatic nitrogens is 2. The molecule has 0 aliphatic rings. The van der Waals surface area contributed by atoms with E-state index in [1.54, 1.807) is 6.33 Å². The van der Waals surface area contributed by atoms with E-state index >= 15 is 0 Å². The third-order valence-electron chi connectivity index (χ3n) is 3.10. The zero-order valence-corrected chi connectivity index (χ0v) is 11.1. The van der Waals surface area contributed by atoms with Gasteiger partial charge < -0.3 is 10.2 Å². The molecule has 19 heavy (non-hydrogen) atoms. The van der Waals surface area contributed by atoms with E-state index in [2.05, 4.69) is 48.9 Å². The normalized spacial score (nSPS) is 11.3. The van der Waals surface area contributed by atoms with Crippen LogP contribution in [-0.2, 0) is 0 Å². The summed E-state index contributed by atoms with van der Waals surface area (Å²) in [5.41, 5.74) is 5.27. The molecule has 1 heterocycles. The summed E-state index contributed by atoms with van der Waals surface area (Å²) in [6, 6.07) is 6.46. The molecule has 1 aromatic carbocycles. The first kappa shape index (κ1) is 14.7. The van der Waals surface area contributed by atoms with Gasteiger partial charge in [-0.15, -0.1) is 10.1 Å². The number of benzene rings is 1. The molecule has 102 valence electrons. The highest BCUT2D eigenvalue weighted by Crippen LogP contribution is 2.26. The minimum absolute atomic E-state index is 0.382. The molecule has 0 radical (unpaired) electrons. The van der Waals surface area contributed by atoms with Crippen molar-refractivity contribution in [2.45, 2.75) is 26.7 Å². The van der Waals surface area contributed by atoms with Gasteiger partial charge >= 0.3 is 0 Å². The van der Waals surface area contributed by atoms with Gasteiger partial charge in [-0.3, -0.25) is 0 Å². The van der Waals surface area contributed by atoms with E-state index in [4.69, 9.17) is 15.3 Å². The average molecular weight is 263 g/mol. The van der Waals surface area contributed by atoms with Crippen LogP contribution in [0, 0.1) is 24.0 Å². The van der Waals surface area contributed by atoms with E-state index < -0.39 is 5.09 Å². The van der Waals surface area contributed by atoms with Gasteiger partial charge in [-0.2, -0.15) is 0 Å². The van der Waals surface area contributed by atoms with Gasteiger partial charge in [0, 0.05) is 17.8 Å². The van der Waals surface area contributed by atoms with Crippen LogP contribution in [0.1, 0.15) is 35.2 Å². The first-order chi connectivity index (χ1) is 8.93. The van der Waals surface area contributed by atoms with E-state index in [1.807, 2.05) is 6.20 Å². The lowest BCUT2D eigenvalue weighted by molar-refractivity contribution is -0.742. The molecule has 6 nitrogen and oxygen atoms in total. The Labute approximate surface area is 111 Å². The van der Waals surface area contributed by atoms with Crippen LogP contribution in [0.5, 0.6) is 0 Å². The van der Waals surface area contributed by atoms with Crippen LogP contribution in [0.25, 0.3) is 0 Å². The molecule has 0 aliphatic heterocycles. The van der Waals surface area contributed by atoms with Crippen molar-refractivity contribution in [2.75, 3.05) is 0 Å². The van der Waals surface area contributed by atoms with Crippen molar-refractivity contribution in [3.05, 3.63) is 63.2 Å². The van der Waals surface area contributed by atoms with Gasteiger partial charge in [0.05, 0.1) is 6.33 Å². The van der Waals surface area contributed by atoms with E-state index in [1.165, 1.54) is 22.4 Å². The largest absolute Gasteiger partial charge is 0.348 e. The molecule has 2 aromatic rings. The van der Waals surface area contributed by atoms with Gasteiger partial charge in [0.25, 0.3) is 5.09 Å². The van der Waals surface area contributed by atoms with Crippen molar-refractivity contribution in [1.29, 1.82) is 0 Å². The third-order valence-corrected chi connectivity index (χ3v) is 3.10. The molecule has 0 fully saturated rings. The van der Waals surface area contributed by atoms with Gasteiger partial charge in [0.15, 0.2) is 0 Å². The van der Waals surface area contributed by atoms with E-state index in [0.29, 0.717) is 5.92 Å². The number of aryl methyl sites for hydroxylation is 1. The molecule has 0 saturated carbocycles. The van der Waals surface area contributed by atoms with Crippen LogP contribution in [0.3, 0.4) is 0 Å². The van der Waals surface area contributed by atoms with Crippen molar-refractivity contribution in [1.82, 2.24) is 9.97 Å². The summed E-state index contributed by atoms with van der Waals surface area (Å²) in [5, 5.41) is 13.6. The standard InChI is InChI=1S/C13H16N2.HNO3/c1-9-5-4-6-12(10(9)2)11(3)13-7-14-8-15-13;2-1(3)4/h4-8,11H,1-3H3,(H,14,15);(H,2,3,4)/t11-;/m0./s1. The third kappa shape index (κ3) is 4.09. The smallest absolute Gasteiger partial charge is 0.291 e. The van der Waals surface area contributed by atoms with Crippen LogP contribution < -0.4 is 0 Å². The fourth-order valence-electron chi connectivity index (χ4n) is 1.91. The number of imidazole rings is 1. The maximum absolute atomic E-state index is 8.36. The van der Waals surface area contributed by atoms with Crippen molar-refractivity contribution in [3.8, 4) is 0 Å². The molecule has 0 aliphatic carbocycles. The van der Waals surface area contributed by atoms with Gasteiger partial charge in [-0.25, -0.2) is 4.98 Å². The Balaban J connectivity index is 0.000000399. The quantitative estimate of drug-likeness (QED) is 0.643. The maximum Gasteiger partial charge on any atom is 0.291 e. The molecule has 0 amide bonds. The van der Waals surface area contributed by atoms with E-state index in [0.717, 1.165) is 0 Å². The zero-order chi connectivity index (χ0) is 14.4. The molecule has 0 saturated heterocycles. The van der Waals surface area contributed by atoms with Crippen LogP contribution in [-0.4, -0.2) is 20.3 Å². The molecule has 6 heteroatoms. The molecule has 1 atom stereocenters. The summed E-state index contributed by atoms with van der Waals surface area (Å²) in [6.45, 7) is 6.53. The monoisotopic (exact) mass is 263 g/mol. The lowest BCUT2D eigenvalue weighted by atomic mass is 9.92. The molecule has 0 unspecified atom stereocenters. The molecule has 2 N–H and O–H groups in total. The van der Waals surface area contributed by atoms with Crippen molar-refractivity contribution in [2.24, 2.45) is 0 Å². The maximum atomic E-state index is 8.36. The predicted octanol–water partition coefficient (Wildman–Crippen LogP) is 2.83. The topological polar surface area (TPSA) is 92.0 Å². The summed E-state index contributed by atoms with van der Waals surface area (Å²) in [4.78, 5) is 15.6. The van der Waals surface area contributed by atoms with Gasteiger partial charge in [-0.1, -0.05) is 25.1 Å². The Kier molecular flexibility index (Phi) is 5.05. The molecule has 2 rings (SSSR count). The van der Waals surface area contributed by atoms with E-state index in [-0.39, 0.29) is 0 Å². The lowest BCUT2D eigenvalue weighted by Crippen LogP contribution is -2.00. The molecule has 1 aromatic heterocycles. The minimum Gasteiger partial charge on any atom is -0.348 e. The van der Waals surface area contributed by atoms with Crippen LogP contribution in [0.15, 0.2) is 30.7 Å². The summed E-state index contributed by atoms with van der Waals surface area (Å²) in [5.74, 6) is 0.382. The van der Waals surface area contributed by atoms with Gasteiger partial charge in [0.1, 0.15) is 0 Å². The molecule has 0 spiro atoms. The number of nitrogens with one attached hydrogen (secondary N) is 1. The molecular weight excluding hydrogens is 246 g/mol. The summed E-state index contributed by atoms with van der Waals surface area (Å²) < 4.78 is 0. The number of hydrogen-bond acceptors (Lipinski definition) is 3. The summed E-state index contributed by atoms with van der Waals surface area (Å²) >= 11 is 0. The van der Waals surface area contributed by atoms with Crippen LogP contribution in [0.4, 0.5) is 0 Å². The SMILES string of the molecule is Cc1cccc([C@H](C)c2cnc[nH]2)c1C.O=[N+]([O-])O. The Bertz CT molecular complexity index is 534. The van der Waals surface area contributed by atoms with Gasteiger partial charge in [-0.05, 0) is 30.5 Å². The van der Waals surface area contributed by atoms with Crippen molar-refractivity contribution >= 4 is 0 Å². The first-order valence-corrected chi connectivity index (χ1v) is 5.81. The second-order valence-corrected chi connectivity index (χ2v) is 4.26. The van der Waals surface area contributed by atoms with Crippen molar-refractivity contribution in [3.63, 3.8) is 0 Å². The Morgan fingerprint density at radius 3 is 2.58 bits per heavy atom. The number of aromatic amines is 1.